The van der Waals surface area contributed by atoms with Crippen LogP contribution in [0.4, 0.5) is 5.69 Å². The fourth-order valence-electron chi connectivity index (χ4n) is 2.87. The Morgan fingerprint density at radius 3 is 2.08 bits per heavy atom. The number of benzene rings is 2. The van der Waals surface area contributed by atoms with Gasteiger partial charge in [0.2, 0.25) is 10.0 Å². The minimum Gasteiger partial charge on any atom is -0.322 e. The molecule has 0 atom stereocenters. The lowest BCUT2D eigenvalue weighted by Gasteiger charge is -2.25. The Labute approximate surface area is 163 Å². The lowest BCUT2D eigenvalue weighted by Crippen LogP contribution is -2.35. The van der Waals surface area contributed by atoms with E-state index in [-0.39, 0.29) is 20.5 Å². The van der Waals surface area contributed by atoms with Gasteiger partial charge >= 0.3 is 0 Å². The second kappa shape index (κ2) is 7.96. The number of hydrogen-bond donors (Lipinski definition) is 1. The quantitative estimate of drug-likeness (QED) is 0.807. The Morgan fingerprint density at radius 1 is 0.923 bits per heavy atom. The minimum atomic E-state index is -3.49. The molecule has 0 unspecified atom stereocenters. The third-order valence-electron chi connectivity index (χ3n) is 4.25. The van der Waals surface area contributed by atoms with E-state index in [1.165, 1.54) is 16.4 Å². The summed E-state index contributed by atoms with van der Waals surface area (Å²) >= 11 is 12.1. The first-order valence-electron chi connectivity index (χ1n) is 8.25. The fourth-order valence-corrected chi connectivity index (χ4v) is 4.96. The van der Waals surface area contributed by atoms with E-state index in [1.54, 1.807) is 30.3 Å². The van der Waals surface area contributed by atoms with Crippen LogP contribution in [0.5, 0.6) is 0 Å². The Balaban J connectivity index is 1.76. The third kappa shape index (κ3) is 4.04. The van der Waals surface area contributed by atoms with Crippen molar-refractivity contribution in [1.29, 1.82) is 0 Å². The van der Waals surface area contributed by atoms with Crippen molar-refractivity contribution in [2.45, 2.75) is 24.2 Å². The minimum absolute atomic E-state index is 0.181. The summed E-state index contributed by atoms with van der Waals surface area (Å²) < 4.78 is 26.8. The van der Waals surface area contributed by atoms with Crippen LogP contribution in [0.1, 0.15) is 29.6 Å². The smallest absolute Gasteiger partial charge is 0.258 e. The molecule has 3 rings (SSSR count). The second-order valence-electron chi connectivity index (χ2n) is 6.04. The average Bonchev–Trinajstić information content (AvgIpc) is 2.63. The summed E-state index contributed by atoms with van der Waals surface area (Å²) in [6, 6.07) is 10.9. The second-order valence-corrected chi connectivity index (χ2v) is 8.79. The number of hydrogen-bond acceptors (Lipinski definition) is 3. The van der Waals surface area contributed by atoms with Crippen LogP contribution in [-0.4, -0.2) is 31.7 Å². The zero-order valence-corrected chi connectivity index (χ0v) is 16.2. The fraction of sp³-hybridized carbons (Fsp3) is 0.278. The van der Waals surface area contributed by atoms with E-state index in [0.717, 1.165) is 19.3 Å². The first-order chi connectivity index (χ1) is 12.4. The van der Waals surface area contributed by atoms with Crippen LogP contribution in [-0.2, 0) is 10.0 Å². The maximum Gasteiger partial charge on any atom is 0.258 e. The van der Waals surface area contributed by atoms with Crippen molar-refractivity contribution in [2.24, 2.45) is 0 Å². The third-order valence-corrected chi connectivity index (χ3v) is 6.80. The first-order valence-corrected chi connectivity index (χ1v) is 10.4. The van der Waals surface area contributed by atoms with Gasteiger partial charge in [-0.1, -0.05) is 35.7 Å². The van der Waals surface area contributed by atoms with Gasteiger partial charge in [0.25, 0.3) is 5.91 Å². The van der Waals surface area contributed by atoms with Crippen LogP contribution in [0.15, 0.2) is 47.4 Å². The highest BCUT2D eigenvalue weighted by atomic mass is 35.5. The summed E-state index contributed by atoms with van der Waals surface area (Å²) in [4.78, 5) is 12.6. The van der Waals surface area contributed by atoms with Crippen LogP contribution >= 0.6 is 23.2 Å². The molecule has 26 heavy (non-hydrogen) atoms. The number of rotatable bonds is 4. The Hall–Kier alpha value is -1.60. The van der Waals surface area contributed by atoms with Crippen molar-refractivity contribution in [3.63, 3.8) is 0 Å². The van der Waals surface area contributed by atoms with Crippen molar-refractivity contribution in [1.82, 2.24) is 4.31 Å². The number of amides is 1. The molecule has 2 aromatic carbocycles. The van der Waals surface area contributed by atoms with Gasteiger partial charge in [-0.25, -0.2) is 8.42 Å². The van der Waals surface area contributed by atoms with Gasteiger partial charge in [0.15, 0.2) is 0 Å². The van der Waals surface area contributed by atoms with E-state index in [9.17, 15) is 13.2 Å². The maximum absolute atomic E-state index is 12.6. The van der Waals surface area contributed by atoms with Gasteiger partial charge in [0.05, 0.1) is 20.5 Å². The molecule has 0 aromatic heterocycles. The maximum atomic E-state index is 12.6. The van der Waals surface area contributed by atoms with Gasteiger partial charge in [-0.05, 0) is 49.2 Å². The molecule has 0 aliphatic carbocycles. The largest absolute Gasteiger partial charge is 0.322 e. The molecule has 1 heterocycles. The highest BCUT2D eigenvalue weighted by Gasteiger charge is 2.25. The molecule has 1 aliphatic rings. The molecule has 5 nitrogen and oxygen atoms in total. The number of nitrogens with zero attached hydrogens (tertiary/aromatic N) is 1. The molecule has 138 valence electrons. The van der Waals surface area contributed by atoms with E-state index in [0.29, 0.717) is 18.8 Å². The van der Waals surface area contributed by atoms with Crippen molar-refractivity contribution in [3.8, 4) is 0 Å². The van der Waals surface area contributed by atoms with E-state index < -0.39 is 15.9 Å². The average molecular weight is 413 g/mol. The standard InChI is InChI=1S/C18H18Cl2N2O3S/c19-15-5-4-6-16(20)17(15)18(23)21-13-7-9-14(10-8-13)26(24,25)22-11-2-1-3-12-22/h4-10H,1-3,11-12H2,(H,21,23). The van der Waals surface area contributed by atoms with Crippen molar-refractivity contribution in [3.05, 3.63) is 58.1 Å². The van der Waals surface area contributed by atoms with Crippen LogP contribution < -0.4 is 5.32 Å². The SMILES string of the molecule is O=C(Nc1ccc(S(=O)(=O)N2CCCCC2)cc1)c1c(Cl)cccc1Cl. The molecule has 1 N–H and O–H groups in total. The zero-order chi connectivity index (χ0) is 18.7. The summed E-state index contributed by atoms with van der Waals surface area (Å²) in [6.07, 6.45) is 2.82. The molecule has 1 aliphatic heterocycles. The monoisotopic (exact) mass is 412 g/mol. The molecule has 0 spiro atoms. The molecule has 1 saturated heterocycles. The number of piperidine rings is 1. The molecule has 0 radical (unpaired) electrons. The highest BCUT2D eigenvalue weighted by molar-refractivity contribution is 7.89. The molecular weight excluding hydrogens is 395 g/mol. The first kappa shape index (κ1) is 19.2. The predicted molar refractivity (Wildman–Crippen MR) is 103 cm³/mol. The van der Waals surface area contributed by atoms with E-state index in [2.05, 4.69) is 5.32 Å². The molecule has 2 aromatic rings. The Morgan fingerprint density at radius 2 is 1.50 bits per heavy atom. The molecule has 1 fully saturated rings. The summed E-state index contributed by atoms with van der Waals surface area (Å²) in [5, 5.41) is 3.18. The number of anilines is 1. The summed E-state index contributed by atoms with van der Waals surface area (Å²) in [7, 11) is -3.49. The highest BCUT2D eigenvalue weighted by Crippen LogP contribution is 2.26. The molecule has 0 bridgehead atoms. The summed E-state index contributed by atoms with van der Waals surface area (Å²) in [6.45, 7) is 1.09. The van der Waals surface area contributed by atoms with Crippen molar-refractivity contribution >= 4 is 44.8 Å². The molecule has 0 saturated carbocycles. The summed E-state index contributed by atoms with van der Waals surface area (Å²) in [5.74, 6) is -0.452. The Kier molecular flexibility index (Phi) is 5.87. The van der Waals surface area contributed by atoms with Gasteiger partial charge in [-0.3, -0.25) is 4.79 Å². The molecular formula is C18H18Cl2N2O3S. The van der Waals surface area contributed by atoms with Crippen molar-refractivity contribution in [2.75, 3.05) is 18.4 Å². The molecule has 8 heteroatoms. The van der Waals surface area contributed by atoms with Gasteiger partial charge in [0, 0.05) is 18.8 Å². The molecule has 1 amide bonds. The van der Waals surface area contributed by atoms with Gasteiger partial charge < -0.3 is 5.32 Å². The van der Waals surface area contributed by atoms with Gasteiger partial charge in [-0.15, -0.1) is 0 Å². The van der Waals surface area contributed by atoms with Crippen LogP contribution in [0, 0.1) is 0 Å². The number of sulfonamides is 1. The Bertz CT molecular complexity index is 888. The van der Waals surface area contributed by atoms with Gasteiger partial charge in [0.1, 0.15) is 0 Å². The normalized spacial score (nSPS) is 15.6. The summed E-state index contributed by atoms with van der Waals surface area (Å²) in [5.41, 5.74) is 0.643. The number of nitrogens with one attached hydrogen (secondary N) is 1. The van der Waals surface area contributed by atoms with Crippen LogP contribution in [0.2, 0.25) is 10.0 Å². The predicted octanol–water partition coefficient (Wildman–Crippen LogP) is 4.42. The van der Waals surface area contributed by atoms with Crippen LogP contribution in [0.25, 0.3) is 0 Å². The van der Waals surface area contributed by atoms with Gasteiger partial charge in [-0.2, -0.15) is 4.31 Å². The lowest BCUT2D eigenvalue weighted by molar-refractivity contribution is 0.102. The zero-order valence-electron chi connectivity index (χ0n) is 13.9. The van der Waals surface area contributed by atoms with E-state index >= 15 is 0 Å². The lowest BCUT2D eigenvalue weighted by atomic mass is 10.2. The number of carbonyl (C=O) groups is 1. The van der Waals surface area contributed by atoms with Crippen molar-refractivity contribution < 1.29 is 13.2 Å². The van der Waals surface area contributed by atoms with E-state index in [1.807, 2.05) is 0 Å². The number of carbonyl (C=O) groups excluding carboxylic acids is 1. The van der Waals surface area contributed by atoms with E-state index in [4.69, 9.17) is 23.2 Å². The topological polar surface area (TPSA) is 66.5 Å². The number of halogens is 2. The van der Waals surface area contributed by atoms with Crippen LogP contribution in [0.3, 0.4) is 0 Å².